The van der Waals surface area contributed by atoms with Crippen molar-refractivity contribution in [2.75, 3.05) is 17.1 Å². The quantitative estimate of drug-likeness (QED) is 0.683. The fourth-order valence-electron chi connectivity index (χ4n) is 3.52. The van der Waals surface area contributed by atoms with E-state index in [2.05, 4.69) is 11.4 Å². The second-order valence-electron chi connectivity index (χ2n) is 7.40. The standard InChI is InChI=1S/C21H32N2O3S/c1-5-20(21(24)22-14-13-18-9-7-6-8-10-18)23(27(4,25)26)19-12-11-16(2)17(3)15-19/h9,11-12,15,20H,5-8,10,13-14H2,1-4H3,(H,22,24). The minimum absolute atomic E-state index is 0.238. The molecule has 0 fully saturated rings. The van der Waals surface area contributed by atoms with Gasteiger partial charge in [0.1, 0.15) is 6.04 Å². The molecular formula is C21H32N2O3S. The number of hydrogen-bond donors (Lipinski definition) is 1. The number of sulfonamides is 1. The van der Waals surface area contributed by atoms with E-state index >= 15 is 0 Å². The van der Waals surface area contributed by atoms with Crippen molar-refractivity contribution in [2.45, 2.75) is 65.3 Å². The number of nitrogens with zero attached hydrogens (tertiary/aromatic N) is 1. The molecule has 1 aliphatic carbocycles. The van der Waals surface area contributed by atoms with E-state index < -0.39 is 16.1 Å². The highest BCUT2D eigenvalue weighted by molar-refractivity contribution is 7.92. The maximum Gasteiger partial charge on any atom is 0.243 e. The van der Waals surface area contributed by atoms with Gasteiger partial charge in [-0.25, -0.2) is 8.42 Å². The molecule has 0 saturated heterocycles. The number of benzene rings is 1. The third kappa shape index (κ3) is 5.83. The molecule has 27 heavy (non-hydrogen) atoms. The Balaban J connectivity index is 2.15. The van der Waals surface area contributed by atoms with Crippen LogP contribution in [0.25, 0.3) is 0 Å². The van der Waals surface area contributed by atoms with Crippen LogP contribution in [0.4, 0.5) is 5.69 Å². The molecule has 1 aromatic rings. The van der Waals surface area contributed by atoms with Crippen LogP contribution in [0.2, 0.25) is 0 Å². The highest BCUT2D eigenvalue weighted by atomic mass is 32.2. The number of amides is 1. The van der Waals surface area contributed by atoms with Gasteiger partial charge in [0.25, 0.3) is 0 Å². The summed E-state index contributed by atoms with van der Waals surface area (Å²) >= 11 is 0. The third-order valence-electron chi connectivity index (χ3n) is 5.21. The lowest BCUT2D eigenvalue weighted by Gasteiger charge is -2.30. The fraction of sp³-hybridized carbons (Fsp3) is 0.571. The summed E-state index contributed by atoms with van der Waals surface area (Å²) in [5.41, 5.74) is 4.02. The lowest BCUT2D eigenvalue weighted by Crippen LogP contribution is -2.49. The molecule has 0 radical (unpaired) electrons. The summed E-state index contributed by atoms with van der Waals surface area (Å²) in [5.74, 6) is -0.238. The molecule has 1 aromatic carbocycles. The van der Waals surface area contributed by atoms with Crippen molar-refractivity contribution in [3.63, 3.8) is 0 Å². The van der Waals surface area contributed by atoms with Gasteiger partial charge < -0.3 is 5.32 Å². The van der Waals surface area contributed by atoms with E-state index in [1.807, 2.05) is 32.9 Å². The molecule has 0 heterocycles. The highest BCUT2D eigenvalue weighted by Crippen LogP contribution is 2.25. The van der Waals surface area contributed by atoms with Gasteiger partial charge in [-0.2, -0.15) is 0 Å². The highest BCUT2D eigenvalue weighted by Gasteiger charge is 2.31. The maximum atomic E-state index is 12.8. The van der Waals surface area contributed by atoms with Gasteiger partial charge in [0.15, 0.2) is 0 Å². The first kappa shape index (κ1) is 21.5. The molecule has 1 aliphatic rings. The number of nitrogens with one attached hydrogen (secondary N) is 1. The zero-order chi connectivity index (χ0) is 20.0. The molecule has 2 rings (SSSR count). The zero-order valence-electron chi connectivity index (χ0n) is 16.9. The Morgan fingerprint density at radius 2 is 1.96 bits per heavy atom. The van der Waals surface area contributed by atoms with Crippen LogP contribution in [0.5, 0.6) is 0 Å². The lowest BCUT2D eigenvalue weighted by atomic mass is 9.97. The van der Waals surface area contributed by atoms with Crippen molar-refractivity contribution in [3.05, 3.63) is 41.0 Å². The van der Waals surface area contributed by atoms with Crippen LogP contribution in [0.3, 0.4) is 0 Å². The Kier molecular flexibility index (Phi) is 7.48. The minimum atomic E-state index is -3.59. The van der Waals surface area contributed by atoms with Gasteiger partial charge in [-0.3, -0.25) is 9.10 Å². The summed E-state index contributed by atoms with van der Waals surface area (Å²) in [6.07, 6.45) is 9.36. The maximum absolute atomic E-state index is 12.8. The van der Waals surface area contributed by atoms with Gasteiger partial charge >= 0.3 is 0 Å². The predicted molar refractivity (Wildman–Crippen MR) is 111 cm³/mol. The van der Waals surface area contributed by atoms with Gasteiger partial charge in [-0.1, -0.05) is 24.6 Å². The SMILES string of the molecule is CCC(C(=O)NCCC1=CCCCC1)N(c1ccc(C)c(C)c1)S(C)(=O)=O. The lowest BCUT2D eigenvalue weighted by molar-refractivity contribution is -0.122. The van der Waals surface area contributed by atoms with E-state index in [0.717, 1.165) is 36.6 Å². The first-order valence-corrected chi connectivity index (χ1v) is 11.6. The van der Waals surface area contributed by atoms with Crippen molar-refractivity contribution in [2.24, 2.45) is 0 Å². The molecule has 150 valence electrons. The average molecular weight is 393 g/mol. The van der Waals surface area contributed by atoms with Crippen molar-refractivity contribution >= 4 is 21.6 Å². The second kappa shape index (κ2) is 9.40. The number of carbonyl (C=O) groups excluding carboxylic acids is 1. The molecule has 1 amide bonds. The number of allylic oxidation sites excluding steroid dienone is 1. The molecule has 0 bridgehead atoms. The Labute approximate surface area is 163 Å². The Bertz CT molecular complexity index is 800. The molecule has 1 N–H and O–H groups in total. The minimum Gasteiger partial charge on any atom is -0.354 e. The summed E-state index contributed by atoms with van der Waals surface area (Å²) in [4.78, 5) is 12.8. The van der Waals surface area contributed by atoms with Crippen LogP contribution in [0.1, 0.15) is 56.6 Å². The van der Waals surface area contributed by atoms with E-state index in [1.54, 1.807) is 6.07 Å². The predicted octanol–water partition coefficient (Wildman–Crippen LogP) is 3.85. The number of carbonyl (C=O) groups is 1. The molecule has 6 heteroatoms. The van der Waals surface area contributed by atoms with Crippen LogP contribution in [0, 0.1) is 13.8 Å². The fourth-order valence-corrected chi connectivity index (χ4v) is 4.72. The van der Waals surface area contributed by atoms with Gasteiger partial charge in [0.05, 0.1) is 11.9 Å². The third-order valence-corrected chi connectivity index (χ3v) is 6.38. The molecule has 0 aliphatic heterocycles. The Hall–Kier alpha value is -1.82. The Morgan fingerprint density at radius 1 is 1.22 bits per heavy atom. The molecular weight excluding hydrogens is 360 g/mol. The van der Waals surface area contributed by atoms with Crippen LogP contribution in [-0.4, -0.2) is 33.2 Å². The molecule has 0 saturated carbocycles. The summed E-state index contributed by atoms with van der Waals surface area (Å²) in [5, 5.41) is 2.94. The van der Waals surface area contributed by atoms with Crippen molar-refractivity contribution in [3.8, 4) is 0 Å². The number of rotatable bonds is 8. The average Bonchev–Trinajstić information content (AvgIpc) is 2.62. The normalized spacial score (nSPS) is 15.8. The second-order valence-corrected chi connectivity index (χ2v) is 9.26. The Morgan fingerprint density at radius 3 is 2.52 bits per heavy atom. The van der Waals surface area contributed by atoms with Crippen LogP contribution < -0.4 is 9.62 Å². The first-order valence-electron chi connectivity index (χ1n) is 9.76. The molecule has 5 nitrogen and oxygen atoms in total. The molecule has 1 atom stereocenters. The number of aryl methyl sites for hydroxylation is 2. The van der Waals surface area contributed by atoms with Gasteiger partial charge in [-0.15, -0.1) is 0 Å². The van der Waals surface area contributed by atoms with Crippen molar-refractivity contribution in [1.29, 1.82) is 0 Å². The topological polar surface area (TPSA) is 66.5 Å². The number of anilines is 1. The molecule has 1 unspecified atom stereocenters. The molecule has 0 aromatic heterocycles. The van der Waals surface area contributed by atoms with Crippen molar-refractivity contribution in [1.82, 2.24) is 5.32 Å². The van der Waals surface area contributed by atoms with E-state index in [4.69, 9.17) is 0 Å². The summed E-state index contributed by atoms with van der Waals surface area (Å²) < 4.78 is 26.2. The smallest absolute Gasteiger partial charge is 0.243 e. The zero-order valence-corrected chi connectivity index (χ0v) is 17.7. The summed E-state index contributed by atoms with van der Waals surface area (Å²) in [7, 11) is -3.59. The van der Waals surface area contributed by atoms with E-state index in [-0.39, 0.29) is 5.91 Å². The van der Waals surface area contributed by atoms with E-state index in [9.17, 15) is 13.2 Å². The van der Waals surface area contributed by atoms with Gasteiger partial charge in [-0.05, 0) is 75.6 Å². The molecule has 0 spiro atoms. The van der Waals surface area contributed by atoms with E-state index in [0.29, 0.717) is 18.7 Å². The van der Waals surface area contributed by atoms with Crippen molar-refractivity contribution < 1.29 is 13.2 Å². The van der Waals surface area contributed by atoms with Crippen LogP contribution in [0.15, 0.2) is 29.8 Å². The monoisotopic (exact) mass is 392 g/mol. The first-order chi connectivity index (χ1) is 12.7. The summed E-state index contributed by atoms with van der Waals surface area (Å²) in [6, 6.07) is 4.75. The van der Waals surface area contributed by atoms with Gasteiger partial charge in [0.2, 0.25) is 15.9 Å². The summed E-state index contributed by atoms with van der Waals surface area (Å²) in [6.45, 7) is 6.31. The van der Waals surface area contributed by atoms with Gasteiger partial charge in [0, 0.05) is 6.54 Å². The van der Waals surface area contributed by atoms with E-state index in [1.165, 1.54) is 22.7 Å². The largest absolute Gasteiger partial charge is 0.354 e. The van der Waals surface area contributed by atoms with Crippen LogP contribution >= 0.6 is 0 Å². The van der Waals surface area contributed by atoms with Crippen LogP contribution in [-0.2, 0) is 14.8 Å². The number of hydrogen-bond acceptors (Lipinski definition) is 3.